The molecule has 1 fully saturated rings. The molecule has 0 aliphatic carbocycles. The molecule has 1 aliphatic rings. The van der Waals surface area contributed by atoms with Crippen molar-refractivity contribution < 1.29 is 9.53 Å². The monoisotopic (exact) mass is 315 g/mol. The smallest absolute Gasteiger partial charge is 0.300 e. The van der Waals surface area contributed by atoms with Gasteiger partial charge in [0.05, 0.1) is 0 Å². The Morgan fingerprint density at radius 1 is 1.35 bits per heavy atom. The average Bonchev–Trinajstić information content (AvgIpc) is 2.73. The summed E-state index contributed by atoms with van der Waals surface area (Å²) < 4.78 is 5.69. The molecule has 1 heterocycles. The third kappa shape index (κ3) is 3.73. The van der Waals surface area contributed by atoms with Crippen LogP contribution in [-0.4, -0.2) is 43.5 Å². The molecule has 0 N–H and O–H groups in total. The van der Waals surface area contributed by atoms with Gasteiger partial charge in [-0.1, -0.05) is 6.07 Å². The molecule has 124 valence electrons. The van der Waals surface area contributed by atoms with E-state index in [1.54, 1.807) is 11.0 Å². The molecule has 0 bridgehead atoms. The molecule has 5 heteroatoms. The lowest BCUT2D eigenvalue weighted by molar-refractivity contribution is -0.122. The maximum absolute atomic E-state index is 12.4. The minimum atomic E-state index is -0.138. The Labute approximate surface area is 138 Å². The normalized spacial score (nSPS) is 18.2. The van der Waals surface area contributed by atoms with E-state index in [1.165, 1.54) is 0 Å². The largest absolute Gasteiger partial charge is 0.420 e. The van der Waals surface area contributed by atoms with Gasteiger partial charge in [-0.15, -0.1) is 0 Å². The molecule has 1 aromatic rings. The number of anilines is 1. The maximum atomic E-state index is 12.4. The summed E-state index contributed by atoms with van der Waals surface area (Å²) in [5.41, 5.74) is 3.25. The summed E-state index contributed by atoms with van der Waals surface area (Å²) in [6, 6.07) is 6.54. The van der Waals surface area contributed by atoms with Crippen LogP contribution in [0.15, 0.2) is 29.0 Å². The quantitative estimate of drug-likeness (QED) is 0.802. The van der Waals surface area contributed by atoms with Crippen molar-refractivity contribution >= 4 is 23.7 Å². The third-order valence-electron chi connectivity index (χ3n) is 3.57. The molecule has 0 saturated carbocycles. The van der Waals surface area contributed by atoms with Gasteiger partial charge in [0, 0.05) is 32.4 Å². The van der Waals surface area contributed by atoms with Crippen LogP contribution in [-0.2, 0) is 9.53 Å². The van der Waals surface area contributed by atoms with Crippen LogP contribution in [0.4, 0.5) is 5.69 Å². The first-order valence-electron chi connectivity index (χ1n) is 7.90. The number of rotatable bonds is 4. The molecule has 1 amide bonds. The van der Waals surface area contributed by atoms with Gasteiger partial charge in [0.25, 0.3) is 5.91 Å². The number of benzene rings is 1. The standard InChI is InChI=1S/C18H25N3O2/c1-7-21-17(22)16(23-18(21)19-12(2)3)11-14-8-9-15(20(5)6)13(4)10-14/h8-12H,7H2,1-6H3/b16-11+,19-18?. The van der Waals surface area contributed by atoms with Crippen molar-refractivity contribution in [1.82, 2.24) is 4.90 Å². The Balaban J connectivity index is 2.33. The van der Waals surface area contributed by atoms with Crippen molar-refractivity contribution in [3.05, 3.63) is 35.1 Å². The first kappa shape index (κ1) is 17.1. The van der Waals surface area contributed by atoms with Gasteiger partial charge in [0.15, 0.2) is 5.76 Å². The molecule has 1 saturated heterocycles. The first-order valence-corrected chi connectivity index (χ1v) is 7.90. The molecule has 0 radical (unpaired) electrons. The van der Waals surface area contributed by atoms with Gasteiger partial charge in [-0.2, -0.15) is 0 Å². The van der Waals surface area contributed by atoms with Crippen LogP contribution in [0.1, 0.15) is 31.9 Å². The number of aliphatic imine (C=N–C) groups is 1. The van der Waals surface area contributed by atoms with Gasteiger partial charge in [0.2, 0.25) is 0 Å². The highest BCUT2D eigenvalue weighted by Gasteiger charge is 2.33. The van der Waals surface area contributed by atoms with Gasteiger partial charge >= 0.3 is 6.02 Å². The average molecular weight is 315 g/mol. The van der Waals surface area contributed by atoms with E-state index >= 15 is 0 Å². The second-order valence-electron chi connectivity index (χ2n) is 6.11. The number of hydrogen-bond acceptors (Lipinski definition) is 4. The van der Waals surface area contributed by atoms with Gasteiger partial charge in [-0.25, -0.2) is 4.99 Å². The van der Waals surface area contributed by atoms with Crippen LogP contribution in [0.2, 0.25) is 0 Å². The van der Waals surface area contributed by atoms with Crippen molar-refractivity contribution in [3.8, 4) is 0 Å². The number of amides is 1. The molecular formula is C18H25N3O2. The SMILES string of the molecule is CCN1C(=O)/C(=C\c2ccc(N(C)C)c(C)c2)OC1=NC(C)C. The van der Waals surface area contributed by atoms with Crippen molar-refractivity contribution in [1.29, 1.82) is 0 Å². The van der Waals surface area contributed by atoms with Gasteiger partial charge < -0.3 is 9.64 Å². The summed E-state index contributed by atoms with van der Waals surface area (Å²) >= 11 is 0. The fourth-order valence-corrected chi connectivity index (χ4v) is 2.53. The number of ether oxygens (including phenoxy) is 1. The number of aryl methyl sites for hydroxylation is 1. The van der Waals surface area contributed by atoms with E-state index in [9.17, 15) is 4.79 Å². The zero-order valence-electron chi connectivity index (χ0n) is 14.8. The van der Waals surface area contributed by atoms with E-state index in [0.29, 0.717) is 18.3 Å². The summed E-state index contributed by atoms with van der Waals surface area (Å²) in [4.78, 5) is 20.4. The topological polar surface area (TPSA) is 45.1 Å². The number of amidine groups is 1. The molecule has 0 unspecified atom stereocenters. The minimum Gasteiger partial charge on any atom is -0.420 e. The lowest BCUT2D eigenvalue weighted by Gasteiger charge is -2.15. The second kappa shape index (κ2) is 6.86. The summed E-state index contributed by atoms with van der Waals surface area (Å²) in [5.74, 6) is 0.185. The van der Waals surface area contributed by atoms with Crippen molar-refractivity contribution in [2.45, 2.75) is 33.7 Å². The van der Waals surface area contributed by atoms with Gasteiger partial charge in [-0.05, 0) is 57.0 Å². The summed E-state index contributed by atoms with van der Waals surface area (Å²) in [5, 5.41) is 0. The Kier molecular flexibility index (Phi) is 5.08. The highest BCUT2D eigenvalue weighted by atomic mass is 16.5. The van der Waals surface area contributed by atoms with E-state index in [0.717, 1.165) is 16.8 Å². The van der Waals surface area contributed by atoms with E-state index in [-0.39, 0.29) is 11.9 Å². The molecule has 1 aliphatic heterocycles. The number of carbonyl (C=O) groups excluding carboxylic acids is 1. The predicted octanol–water partition coefficient (Wildman–Crippen LogP) is 3.05. The van der Waals surface area contributed by atoms with Gasteiger partial charge in [-0.3, -0.25) is 9.69 Å². The zero-order chi connectivity index (χ0) is 17.1. The molecule has 0 spiro atoms. The minimum absolute atomic E-state index is 0.0767. The number of likely N-dealkylation sites (N-methyl/N-ethyl adjacent to an activating group) is 1. The molecule has 1 aromatic carbocycles. The molecule has 23 heavy (non-hydrogen) atoms. The lowest BCUT2D eigenvalue weighted by Crippen LogP contribution is -2.30. The maximum Gasteiger partial charge on any atom is 0.300 e. The number of hydrogen-bond donors (Lipinski definition) is 0. The van der Waals surface area contributed by atoms with E-state index < -0.39 is 0 Å². The molecule has 2 rings (SSSR count). The van der Waals surface area contributed by atoms with E-state index in [2.05, 4.69) is 16.8 Å². The Morgan fingerprint density at radius 2 is 2.04 bits per heavy atom. The Bertz CT molecular complexity index is 660. The van der Waals surface area contributed by atoms with Crippen LogP contribution < -0.4 is 4.90 Å². The van der Waals surface area contributed by atoms with E-state index in [4.69, 9.17) is 4.74 Å². The first-order chi connectivity index (χ1) is 10.8. The van der Waals surface area contributed by atoms with Crippen LogP contribution in [0.5, 0.6) is 0 Å². The Morgan fingerprint density at radius 3 is 2.57 bits per heavy atom. The third-order valence-corrected chi connectivity index (χ3v) is 3.57. The second-order valence-corrected chi connectivity index (χ2v) is 6.11. The zero-order valence-corrected chi connectivity index (χ0v) is 14.8. The van der Waals surface area contributed by atoms with Crippen molar-refractivity contribution in [3.63, 3.8) is 0 Å². The van der Waals surface area contributed by atoms with Crippen molar-refractivity contribution in [2.24, 2.45) is 4.99 Å². The van der Waals surface area contributed by atoms with Crippen LogP contribution in [0, 0.1) is 6.92 Å². The molecule has 0 atom stereocenters. The van der Waals surface area contributed by atoms with Gasteiger partial charge in [0.1, 0.15) is 0 Å². The number of carbonyl (C=O) groups is 1. The summed E-state index contributed by atoms with van der Waals surface area (Å²) in [7, 11) is 4.02. The molecule has 0 aromatic heterocycles. The predicted molar refractivity (Wildman–Crippen MR) is 94.5 cm³/mol. The van der Waals surface area contributed by atoms with Crippen LogP contribution in [0.25, 0.3) is 6.08 Å². The van der Waals surface area contributed by atoms with Crippen molar-refractivity contribution in [2.75, 3.05) is 25.5 Å². The lowest BCUT2D eigenvalue weighted by atomic mass is 10.1. The highest BCUT2D eigenvalue weighted by Crippen LogP contribution is 2.24. The molecule has 5 nitrogen and oxygen atoms in total. The van der Waals surface area contributed by atoms with Crippen LogP contribution >= 0.6 is 0 Å². The fourth-order valence-electron chi connectivity index (χ4n) is 2.53. The molecular weight excluding hydrogens is 290 g/mol. The Hall–Kier alpha value is -2.30. The summed E-state index contributed by atoms with van der Waals surface area (Å²) in [6.45, 7) is 8.43. The summed E-state index contributed by atoms with van der Waals surface area (Å²) in [6.07, 6.45) is 1.78. The number of nitrogens with zero attached hydrogens (tertiary/aromatic N) is 3. The van der Waals surface area contributed by atoms with Crippen LogP contribution in [0.3, 0.4) is 0 Å². The fraction of sp³-hybridized carbons (Fsp3) is 0.444. The van der Waals surface area contributed by atoms with E-state index in [1.807, 2.05) is 53.1 Å². The highest BCUT2D eigenvalue weighted by molar-refractivity contribution is 6.11.